The molecule has 0 saturated carbocycles. The van der Waals surface area contributed by atoms with Crippen molar-refractivity contribution in [2.24, 2.45) is 5.73 Å². The predicted octanol–water partition coefficient (Wildman–Crippen LogP) is 2.48. The third-order valence-electron chi connectivity index (χ3n) is 5.46. The second kappa shape index (κ2) is 12.5. The van der Waals surface area contributed by atoms with Crippen molar-refractivity contribution in [1.82, 2.24) is 10.2 Å². The number of hydrogen-bond acceptors (Lipinski definition) is 6. The maximum Gasteiger partial charge on any atom is 0.408 e. The number of nitrogens with two attached hydrogens (primary N) is 1. The number of carbonyl (C=O) groups excluding carboxylic acids is 3. The van der Waals surface area contributed by atoms with Crippen molar-refractivity contribution in [2.75, 3.05) is 6.54 Å². The number of alkyl carbamates (subject to hydrolysis) is 1. The first kappa shape index (κ1) is 26.5. The van der Waals surface area contributed by atoms with Crippen LogP contribution < -0.4 is 11.1 Å². The highest BCUT2D eigenvalue weighted by Gasteiger charge is 2.50. The highest BCUT2D eigenvalue weighted by Crippen LogP contribution is 2.21. The Bertz CT molecular complexity index is 983. The topological polar surface area (TPSA) is 139 Å². The van der Waals surface area contributed by atoms with Crippen molar-refractivity contribution >= 4 is 23.8 Å². The lowest BCUT2D eigenvalue weighted by Crippen LogP contribution is -2.67. The van der Waals surface area contributed by atoms with Crippen molar-refractivity contribution < 1.29 is 29.0 Å². The van der Waals surface area contributed by atoms with Gasteiger partial charge < -0.3 is 25.8 Å². The van der Waals surface area contributed by atoms with E-state index in [4.69, 9.17) is 15.6 Å². The summed E-state index contributed by atoms with van der Waals surface area (Å²) in [7, 11) is 0. The number of ether oxygens (including phenoxy) is 1. The second-order valence-electron chi connectivity index (χ2n) is 7.82. The Kier molecular flexibility index (Phi) is 9.76. The number of benzene rings is 2. The van der Waals surface area contributed by atoms with Crippen molar-refractivity contribution in [2.45, 2.75) is 51.4 Å². The van der Waals surface area contributed by atoms with Gasteiger partial charge in [0.2, 0.25) is 0 Å². The number of hydrogen-bond donors (Lipinski definition) is 3. The van der Waals surface area contributed by atoms with Gasteiger partial charge in [0.1, 0.15) is 6.61 Å². The molecule has 0 fully saturated rings. The van der Waals surface area contributed by atoms with E-state index < -0.39 is 41.8 Å². The summed E-state index contributed by atoms with van der Waals surface area (Å²) in [6.07, 6.45) is -1.80. The molecule has 0 unspecified atom stereocenters. The normalized spacial score (nSPS) is 13.3. The van der Waals surface area contributed by atoms with Crippen LogP contribution in [0.2, 0.25) is 0 Å². The number of carboxylic acids is 1. The highest BCUT2D eigenvalue weighted by molar-refractivity contribution is 6.14. The number of likely N-dealkylation sites (N-methyl/N-ethyl adjacent to an activating group) is 1. The molecule has 0 heterocycles. The zero-order chi connectivity index (χ0) is 25.1. The van der Waals surface area contributed by atoms with Crippen molar-refractivity contribution in [3.63, 3.8) is 0 Å². The third-order valence-corrected chi connectivity index (χ3v) is 5.46. The van der Waals surface area contributed by atoms with Gasteiger partial charge >= 0.3 is 12.1 Å². The number of aliphatic carboxylic acids is 1. The zero-order valence-electron chi connectivity index (χ0n) is 19.4. The third kappa shape index (κ3) is 6.89. The van der Waals surface area contributed by atoms with Crippen LogP contribution in [0, 0.1) is 0 Å². The predicted molar refractivity (Wildman–Crippen MR) is 126 cm³/mol. The molecular weight excluding hydrogens is 438 g/mol. The van der Waals surface area contributed by atoms with Crippen LogP contribution in [-0.4, -0.2) is 51.9 Å². The number of carboxylic acid groups (broad SMARTS) is 1. The van der Waals surface area contributed by atoms with Crippen LogP contribution in [0.4, 0.5) is 4.79 Å². The number of nitrogens with one attached hydrogen (secondary N) is 1. The first-order valence-electron chi connectivity index (χ1n) is 11.1. The van der Waals surface area contributed by atoms with Gasteiger partial charge in [-0.1, -0.05) is 67.6 Å². The van der Waals surface area contributed by atoms with Gasteiger partial charge in [0.15, 0.2) is 11.3 Å². The van der Waals surface area contributed by atoms with Crippen LogP contribution >= 0.6 is 0 Å². The molecule has 2 rings (SSSR count). The van der Waals surface area contributed by atoms with E-state index in [9.17, 15) is 19.2 Å². The number of rotatable bonds is 12. The van der Waals surface area contributed by atoms with Crippen molar-refractivity contribution in [1.29, 1.82) is 0 Å². The molecule has 182 valence electrons. The van der Waals surface area contributed by atoms with Gasteiger partial charge in [0.25, 0.3) is 5.91 Å². The molecule has 2 amide bonds. The van der Waals surface area contributed by atoms with E-state index in [1.165, 1.54) is 4.90 Å². The molecule has 0 radical (unpaired) electrons. The molecule has 9 nitrogen and oxygen atoms in total. The van der Waals surface area contributed by atoms with Gasteiger partial charge in [-0.15, -0.1) is 0 Å². The SMILES string of the molecule is CCN(Cc1ccccc1)C(=O)[C@@](CC)(NC(=O)OCc1ccccc1)C(=O)[C@@H](N)CC(=O)O. The molecule has 0 spiro atoms. The molecule has 0 bridgehead atoms. The first-order valence-corrected chi connectivity index (χ1v) is 11.1. The largest absolute Gasteiger partial charge is 0.481 e. The van der Waals surface area contributed by atoms with Gasteiger partial charge in [0, 0.05) is 13.1 Å². The Morgan fingerprint density at radius 1 is 1.00 bits per heavy atom. The number of ketones is 1. The minimum atomic E-state index is -2.08. The summed E-state index contributed by atoms with van der Waals surface area (Å²) in [5.74, 6) is -2.85. The van der Waals surface area contributed by atoms with Crippen LogP contribution in [-0.2, 0) is 32.3 Å². The van der Waals surface area contributed by atoms with Crippen molar-refractivity contribution in [3.8, 4) is 0 Å². The fourth-order valence-electron chi connectivity index (χ4n) is 3.57. The van der Waals surface area contributed by atoms with Crippen molar-refractivity contribution in [3.05, 3.63) is 71.8 Å². The lowest BCUT2D eigenvalue weighted by Gasteiger charge is -2.36. The Hall–Kier alpha value is -3.72. The van der Waals surface area contributed by atoms with E-state index in [0.717, 1.165) is 11.1 Å². The van der Waals surface area contributed by atoms with Crippen LogP contribution in [0.1, 0.15) is 37.8 Å². The van der Waals surface area contributed by atoms with E-state index in [-0.39, 0.29) is 26.1 Å². The molecule has 4 N–H and O–H groups in total. The molecule has 2 aromatic rings. The maximum absolute atomic E-state index is 13.7. The Labute approximate surface area is 198 Å². The van der Waals surface area contributed by atoms with Gasteiger partial charge in [-0.3, -0.25) is 14.4 Å². The summed E-state index contributed by atoms with van der Waals surface area (Å²) in [6, 6.07) is 16.6. The van der Waals surface area contributed by atoms with Gasteiger partial charge in [-0.25, -0.2) is 4.79 Å². The molecule has 0 aliphatic heterocycles. The summed E-state index contributed by atoms with van der Waals surface area (Å²) in [5.41, 5.74) is 5.34. The molecular formula is C25H31N3O6. The number of nitrogens with zero attached hydrogens (tertiary/aromatic N) is 1. The summed E-state index contributed by atoms with van der Waals surface area (Å²) >= 11 is 0. The van der Waals surface area contributed by atoms with Crippen LogP contribution in [0.15, 0.2) is 60.7 Å². The van der Waals surface area contributed by atoms with Crippen LogP contribution in [0.5, 0.6) is 0 Å². The van der Waals surface area contributed by atoms with E-state index in [1.807, 2.05) is 36.4 Å². The highest BCUT2D eigenvalue weighted by atomic mass is 16.5. The minimum Gasteiger partial charge on any atom is -0.481 e. The number of carbonyl (C=O) groups is 4. The Balaban J connectivity index is 2.33. The Morgan fingerprint density at radius 3 is 2.06 bits per heavy atom. The molecule has 34 heavy (non-hydrogen) atoms. The van der Waals surface area contributed by atoms with Crippen LogP contribution in [0.3, 0.4) is 0 Å². The van der Waals surface area contributed by atoms with E-state index in [2.05, 4.69) is 5.32 Å². The molecule has 0 saturated heterocycles. The monoisotopic (exact) mass is 469 g/mol. The number of Topliss-reactive ketones (excluding diaryl/α,β-unsaturated/α-hetero) is 1. The molecule has 0 aliphatic carbocycles. The van der Waals surface area contributed by atoms with Crippen LogP contribution in [0.25, 0.3) is 0 Å². The fourth-order valence-corrected chi connectivity index (χ4v) is 3.57. The average molecular weight is 470 g/mol. The molecule has 2 aromatic carbocycles. The lowest BCUT2D eigenvalue weighted by molar-refractivity contribution is -0.148. The van der Waals surface area contributed by atoms with E-state index in [0.29, 0.717) is 0 Å². The Morgan fingerprint density at radius 2 is 1.56 bits per heavy atom. The molecule has 0 aliphatic rings. The smallest absolute Gasteiger partial charge is 0.408 e. The quantitative estimate of drug-likeness (QED) is 0.406. The molecule has 9 heteroatoms. The minimum absolute atomic E-state index is 0.0719. The summed E-state index contributed by atoms with van der Waals surface area (Å²) in [6.45, 7) is 3.67. The van der Waals surface area contributed by atoms with Gasteiger partial charge in [0.05, 0.1) is 12.5 Å². The first-order chi connectivity index (χ1) is 16.2. The standard InChI is InChI=1S/C25H31N3O6/c1-3-25(22(31)20(26)15-21(29)30,27-24(33)34-17-19-13-9-6-10-14-19)23(32)28(4-2)16-18-11-7-5-8-12-18/h5-14,20H,3-4,15-17,26H2,1-2H3,(H,27,33)(H,29,30)/t20-,25-/m0/s1. The zero-order valence-corrected chi connectivity index (χ0v) is 19.4. The summed E-state index contributed by atoms with van der Waals surface area (Å²) in [4.78, 5) is 52.3. The van der Waals surface area contributed by atoms with Gasteiger partial charge in [-0.2, -0.15) is 0 Å². The van der Waals surface area contributed by atoms with E-state index >= 15 is 0 Å². The number of amides is 2. The lowest BCUT2D eigenvalue weighted by atomic mass is 9.84. The van der Waals surface area contributed by atoms with E-state index in [1.54, 1.807) is 38.1 Å². The summed E-state index contributed by atoms with van der Waals surface area (Å²) in [5, 5.41) is 11.5. The average Bonchev–Trinajstić information content (AvgIpc) is 2.84. The van der Waals surface area contributed by atoms with Gasteiger partial charge in [-0.05, 0) is 24.5 Å². The molecule has 2 atom stereocenters. The summed E-state index contributed by atoms with van der Waals surface area (Å²) < 4.78 is 5.25. The molecule has 0 aromatic heterocycles. The fraction of sp³-hybridized carbons (Fsp3) is 0.360. The maximum atomic E-state index is 13.7. The second-order valence-corrected chi connectivity index (χ2v) is 7.82.